The van der Waals surface area contributed by atoms with Crippen LogP contribution < -0.4 is 0 Å². The highest BCUT2D eigenvalue weighted by Crippen LogP contribution is 2.22. The third kappa shape index (κ3) is 4.78. The number of rotatable bonds is 4. The summed E-state index contributed by atoms with van der Waals surface area (Å²) in [5.74, 6) is 0.610. The van der Waals surface area contributed by atoms with Crippen LogP contribution in [-0.2, 0) is 27.7 Å². The molecule has 2 aromatic rings. The molecule has 112 valence electrons. The maximum Gasteiger partial charge on any atom is 0.123 e. The van der Waals surface area contributed by atoms with E-state index in [2.05, 4.69) is 32.9 Å². The molecular formula is C18H21FOS. The molecule has 2 aromatic carbocycles. The normalized spacial score (nSPS) is 13.1. The van der Waals surface area contributed by atoms with Crippen LogP contribution >= 0.6 is 0 Å². The van der Waals surface area contributed by atoms with Crippen molar-refractivity contribution in [1.29, 1.82) is 0 Å². The van der Waals surface area contributed by atoms with E-state index in [1.54, 1.807) is 6.07 Å². The van der Waals surface area contributed by atoms with Crippen LogP contribution in [-0.4, -0.2) is 4.21 Å². The van der Waals surface area contributed by atoms with E-state index in [0.29, 0.717) is 11.5 Å². The Labute approximate surface area is 128 Å². The molecule has 0 saturated heterocycles. The Kier molecular flexibility index (Phi) is 4.94. The third-order valence-electron chi connectivity index (χ3n) is 3.36. The van der Waals surface area contributed by atoms with Gasteiger partial charge in [-0.1, -0.05) is 57.2 Å². The minimum atomic E-state index is -1.02. The Hall–Kier alpha value is -1.48. The first-order valence-corrected chi connectivity index (χ1v) is 8.52. The molecular weight excluding hydrogens is 283 g/mol. The molecule has 1 unspecified atom stereocenters. The van der Waals surface area contributed by atoms with Crippen molar-refractivity contribution in [2.75, 3.05) is 0 Å². The monoisotopic (exact) mass is 304 g/mol. The molecule has 0 aromatic heterocycles. The van der Waals surface area contributed by atoms with Crippen LogP contribution in [0.5, 0.6) is 0 Å². The average Bonchev–Trinajstić information content (AvgIpc) is 2.38. The first-order valence-electron chi connectivity index (χ1n) is 7.03. The van der Waals surface area contributed by atoms with Crippen molar-refractivity contribution in [2.24, 2.45) is 0 Å². The predicted octanol–water partition coefficient (Wildman–Crippen LogP) is 4.57. The van der Waals surface area contributed by atoms with Crippen LogP contribution in [0.15, 0.2) is 48.5 Å². The fraction of sp³-hybridized carbons (Fsp3) is 0.333. The second kappa shape index (κ2) is 6.52. The number of hydrogen-bond donors (Lipinski definition) is 0. The van der Waals surface area contributed by atoms with Crippen molar-refractivity contribution in [1.82, 2.24) is 0 Å². The van der Waals surface area contributed by atoms with Crippen molar-refractivity contribution in [3.8, 4) is 0 Å². The van der Waals surface area contributed by atoms with Gasteiger partial charge in [0.1, 0.15) is 5.82 Å². The van der Waals surface area contributed by atoms with Gasteiger partial charge in [0.2, 0.25) is 0 Å². The summed E-state index contributed by atoms with van der Waals surface area (Å²) in [5, 5.41) is 0. The quantitative estimate of drug-likeness (QED) is 0.808. The lowest BCUT2D eigenvalue weighted by atomic mass is 9.87. The molecule has 3 heteroatoms. The molecule has 1 nitrogen and oxygen atoms in total. The number of benzene rings is 2. The highest BCUT2D eigenvalue weighted by molar-refractivity contribution is 7.83. The fourth-order valence-corrected chi connectivity index (χ4v) is 3.37. The SMILES string of the molecule is CC(C)(C)c1ccc(CS(=O)Cc2cccc(F)c2)cc1. The Morgan fingerprint density at radius 3 is 2.14 bits per heavy atom. The maximum absolute atomic E-state index is 13.1. The molecule has 2 rings (SSSR count). The molecule has 0 heterocycles. The summed E-state index contributed by atoms with van der Waals surface area (Å²) >= 11 is 0. The van der Waals surface area contributed by atoms with Crippen molar-refractivity contribution in [3.05, 3.63) is 71.0 Å². The van der Waals surface area contributed by atoms with E-state index in [4.69, 9.17) is 0 Å². The van der Waals surface area contributed by atoms with Crippen molar-refractivity contribution < 1.29 is 8.60 Å². The van der Waals surface area contributed by atoms with Crippen LogP contribution in [0.4, 0.5) is 4.39 Å². The molecule has 0 spiro atoms. The summed E-state index contributed by atoms with van der Waals surface area (Å²) in [6.07, 6.45) is 0. The van der Waals surface area contributed by atoms with Gasteiger partial charge in [-0.05, 0) is 34.2 Å². The zero-order valence-corrected chi connectivity index (χ0v) is 13.5. The summed E-state index contributed by atoms with van der Waals surface area (Å²) in [5.41, 5.74) is 3.22. The van der Waals surface area contributed by atoms with Gasteiger partial charge in [-0.2, -0.15) is 0 Å². The topological polar surface area (TPSA) is 17.1 Å². The molecule has 0 N–H and O–H groups in total. The van der Waals surface area contributed by atoms with Gasteiger partial charge in [-0.15, -0.1) is 0 Å². The molecule has 0 amide bonds. The lowest BCUT2D eigenvalue weighted by Gasteiger charge is -2.19. The summed E-state index contributed by atoms with van der Waals surface area (Å²) in [6.45, 7) is 6.51. The van der Waals surface area contributed by atoms with Gasteiger partial charge < -0.3 is 0 Å². The van der Waals surface area contributed by atoms with Crippen molar-refractivity contribution >= 4 is 10.8 Å². The molecule has 0 saturated carbocycles. The smallest absolute Gasteiger partial charge is 0.123 e. The van der Waals surface area contributed by atoms with Crippen LogP contribution in [0, 0.1) is 5.82 Å². The molecule has 21 heavy (non-hydrogen) atoms. The van der Waals surface area contributed by atoms with Gasteiger partial charge >= 0.3 is 0 Å². The van der Waals surface area contributed by atoms with E-state index < -0.39 is 10.8 Å². The molecule has 1 atom stereocenters. The molecule has 0 fully saturated rings. The van der Waals surface area contributed by atoms with Gasteiger partial charge in [-0.3, -0.25) is 4.21 Å². The first-order chi connectivity index (χ1) is 9.84. The minimum Gasteiger partial charge on any atom is -0.259 e. The molecule has 0 aliphatic rings. The highest BCUT2D eigenvalue weighted by Gasteiger charge is 2.13. The van der Waals surface area contributed by atoms with E-state index in [9.17, 15) is 8.60 Å². The van der Waals surface area contributed by atoms with E-state index in [1.807, 2.05) is 18.2 Å². The summed E-state index contributed by atoms with van der Waals surface area (Å²) in [7, 11) is -1.02. The highest BCUT2D eigenvalue weighted by atomic mass is 32.2. The van der Waals surface area contributed by atoms with E-state index >= 15 is 0 Å². The zero-order valence-electron chi connectivity index (χ0n) is 12.7. The Bertz CT molecular complexity index is 626. The summed E-state index contributed by atoms with van der Waals surface area (Å²) in [6, 6.07) is 14.6. The molecule has 0 bridgehead atoms. The third-order valence-corrected chi connectivity index (χ3v) is 4.67. The molecule has 0 aliphatic carbocycles. The van der Waals surface area contributed by atoms with Crippen LogP contribution in [0.25, 0.3) is 0 Å². The first kappa shape index (κ1) is 15.9. The van der Waals surface area contributed by atoms with Gasteiger partial charge in [0.05, 0.1) is 0 Å². The van der Waals surface area contributed by atoms with Crippen LogP contribution in [0.2, 0.25) is 0 Å². The average molecular weight is 304 g/mol. The Morgan fingerprint density at radius 2 is 1.57 bits per heavy atom. The fourth-order valence-electron chi connectivity index (χ4n) is 2.15. The van der Waals surface area contributed by atoms with Gasteiger partial charge in [-0.25, -0.2) is 4.39 Å². The zero-order chi connectivity index (χ0) is 15.5. The van der Waals surface area contributed by atoms with Gasteiger partial charge in [0.25, 0.3) is 0 Å². The standard InChI is InChI=1S/C18H21FOS/c1-18(2,3)16-9-7-14(8-10-16)12-21(20)13-15-5-4-6-17(19)11-15/h4-11H,12-13H2,1-3H3. The number of hydrogen-bond acceptors (Lipinski definition) is 1. The Morgan fingerprint density at radius 1 is 0.952 bits per heavy atom. The summed E-state index contributed by atoms with van der Waals surface area (Å²) in [4.78, 5) is 0. The van der Waals surface area contributed by atoms with E-state index in [-0.39, 0.29) is 11.2 Å². The molecule has 0 radical (unpaired) electrons. The summed E-state index contributed by atoms with van der Waals surface area (Å²) < 4.78 is 25.3. The second-order valence-electron chi connectivity index (χ2n) is 6.31. The van der Waals surface area contributed by atoms with E-state index in [1.165, 1.54) is 17.7 Å². The van der Waals surface area contributed by atoms with Gasteiger partial charge in [0, 0.05) is 22.3 Å². The number of halogens is 1. The van der Waals surface area contributed by atoms with E-state index in [0.717, 1.165) is 11.1 Å². The Balaban J connectivity index is 2.00. The lowest BCUT2D eigenvalue weighted by molar-refractivity contribution is 0.590. The van der Waals surface area contributed by atoms with Crippen molar-refractivity contribution in [2.45, 2.75) is 37.7 Å². The maximum atomic E-state index is 13.1. The second-order valence-corrected chi connectivity index (χ2v) is 7.76. The van der Waals surface area contributed by atoms with Crippen molar-refractivity contribution in [3.63, 3.8) is 0 Å². The minimum absolute atomic E-state index is 0.124. The molecule has 0 aliphatic heterocycles. The van der Waals surface area contributed by atoms with Crippen LogP contribution in [0.1, 0.15) is 37.5 Å². The predicted molar refractivity (Wildman–Crippen MR) is 87.1 cm³/mol. The van der Waals surface area contributed by atoms with Gasteiger partial charge in [0.15, 0.2) is 0 Å². The largest absolute Gasteiger partial charge is 0.259 e. The van der Waals surface area contributed by atoms with Crippen LogP contribution in [0.3, 0.4) is 0 Å². The lowest BCUT2D eigenvalue weighted by Crippen LogP contribution is -2.10.